The Labute approximate surface area is 93.1 Å². The van der Waals surface area contributed by atoms with Gasteiger partial charge in [-0.1, -0.05) is 0 Å². The van der Waals surface area contributed by atoms with Crippen molar-refractivity contribution in [2.24, 2.45) is 0 Å². The van der Waals surface area contributed by atoms with Crippen LogP contribution in [0.15, 0.2) is 0 Å². The smallest absolute Gasteiger partial charge is 0.230 e. The fourth-order valence-electron chi connectivity index (χ4n) is 1.28. The van der Waals surface area contributed by atoms with Gasteiger partial charge in [0, 0.05) is 5.25 Å². The van der Waals surface area contributed by atoms with Gasteiger partial charge in [-0.2, -0.15) is 5.26 Å². The molecule has 0 spiro atoms. The van der Waals surface area contributed by atoms with Crippen molar-refractivity contribution in [1.29, 1.82) is 5.26 Å². The zero-order valence-corrected chi connectivity index (χ0v) is 9.73. The van der Waals surface area contributed by atoms with Gasteiger partial charge in [-0.25, -0.2) is 8.42 Å². The molecule has 1 saturated heterocycles. The maximum Gasteiger partial charge on any atom is 0.230 e. The first kappa shape index (κ1) is 12.3. The van der Waals surface area contributed by atoms with Gasteiger partial charge in [-0.3, -0.25) is 4.79 Å². The molecule has 0 aliphatic carbocycles. The van der Waals surface area contributed by atoms with Crippen LogP contribution in [0.3, 0.4) is 0 Å². The highest BCUT2D eigenvalue weighted by atomic mass is 32.2. The lowest BCUT2D eigenvalue weighted by molar-refractivity contribution is -0.118. The van der Waals surface area contributed by atoms with Gasteiger partial charge in [-0.15, -0.1) is 11.8 Å². The zero-order valence-electron chi connectivity index (χ0n) is 8.10. The molecule has 1 aliphatic rings. The van der Waals surface area contributed by atoms with Gasteiger partial charge in [-0.05, 0) is 6.42 Å². The summed E-state index contributed by atoms with van der Waals surface area (Å²) in [5, 5.41) is 10.6. The molecule has 1 amide bonds. The number of carbonyl (C=O) groups is 1. The van der Waals surface area contributed by atoms with Crippen LogP contribution in [0.25, 0.3) is 0 Å². The summed E-state index contributed by atoms with van der Waals surface area (Å²) in [7, 11) is -2.87. The van der Waals surface area contributed by atoms with Crippen LogP contribution in [-0.4, -0.2) is 43.4 Å². The molecule has 0 saturated carbocycles. The van der Waals surface area contributed by atoms with E-state index in [1.165, 1.54) is 11.8 Å². The summed E-state index contributed by atoms with van der Waals surface area (Å²) in [6.07, 6.45) is 0.624. The lowest BCUT2D eigenvalue weighted by Crippen LogP contribution is -2.26. The van der Waals surface area contributed by atoms with Crippen molar-refractivity contribution >= 4 is 27.5 Å². The molecule has 1 N–H and O–H groups in total. The second-order valence-electron chi connectivity index (χ2n) is 3.27. The molecule has 0 aromatic heterocycles. The second-order valence-corrected chi connectivity index (χ2v) is 6.79. The second kappa shape index (κ2) is 5.37. The summed E-state index contributed by atoms with van der Waals surface area (Å²) >= 11 is 1.34. The van der Waals surface area contributed by atoms with Crippen molar-refractivity contribution in [3.05, 3.63) is 0 Å². The minimum absolute atomic E-state index is 0.00234. The van der Waals surface area contributed by atoms with Crippen LogP contribution in [0, 0.1) is 11.3 Å². The normalized spacial score (nSPS) is 23.3. The number of nitrogens with zero attached hydrogens (tertiary/aromatic N) is 1. The third-order valence-corrected chi connectivity index (χ3v) is 5.29. The number of hydrogen-bond donors (Lipinski definition) is 1. The van der Waals surface area contributed by atoms with Crippen LogP contribution < -0.4 is 5.32 Å². The Balaban J connectivity index is 2.22. The van der Waals surface area contributed by atoms with E-state index in [1.807, 2.05) is 0 Å². The van der Waals surface area contributed by atoms with Crippen LogP contribution in [0.4, 0.5) is 0 Å². The quantitative estimate of drug-likeness (QED) is 0.681. The standard InChI is InChI=1S/C8H12N2O3S2/c9-2-3-10-8(11)5-14-7-1-4-15(12,13)6-7/h7H,1,3-6H2,(H,10,11). The van der Waals surface area contributed by atoms with E-state index in [-0.39, 0.29) is 35.0 Å². The Bertz CT molecular complexity index is 372. The van der Waals surface area contributed by atoms with E-state index < -0.39 is 9.84 Å². The van der Waals surface area contributed by atoms with E-state index in [0.29, 0.717) is 6.42 Å². The monoisotopic (exact) mass is 248 g/mol. The van der Waals surface area contributed by atoms with Gasteiger partial charge < -0.3 is 5.32 Å². The molecule has 7 heteroatoms. The highest BCUT2D eigenvalue weighted by molar-refractivity contribution is 8.02. The Morgan fingerprint density at radius 2 is 2.33 bits per heavy atom. The molecule has 0 aromatic rings. The number of nitriles is 1. The fraction of sp³-hybridized carbons (Fsp3) is 0.750. The SMILES string of the molecule is N#CCNC(=O)CSC1CCS(=O)(=O)C1. The van der Waals surface area contributed by atoms with Gasteiger partial charge in [0.05, 0.1) is 23.3 Å². The van der Waals surface area contributed by atoms with E-state index in [1.54, 1.807) is 6.07 Å². The molecule has 1 fully saturated rings. The maximum absolute atomic E-state index is 11.1. The van der Waals surface area contributed by atoms with E-state index in [4.69, 9.17) is 5.26 Å². The third kappa shape index (κ3) is 4.53. The predicted molar refractivity (Wildman–Crippen MR) is 58.1 cm³/mol. The average molecular weight is 248 g/mol. The Hall–Kier alpha value is -0.740. The van der Waals surface area contributed by atoms with Crippen LogP contribution in [0.2, 0.25) is 0 Å². The number of rotatable bonds is 4. The Morgan fingerprint density at radius 3 is 2.87 bits per heavy atom. The fourth-order valence-corrected chi connectivity index (χ4v) is 4.75. The first-order valence-electron chi connectivity index (χ1n) is 4.49. The van der Waals surface area contributed by atoms with Crippen molar-refractivity contribution in [3.8, 4) is 6.07 Å². The lowest BCUT2D eigenvalue weighted by Gasteiger charge is -2.06. The van der Waals surface area contributed by atoms with E-state index in [0.717, 1.165) is 0 Å². The minimum atomic E-state index is -2.87. The number of sulfone groups is 1. The molecule has 1 rings (SSSR count). The average Bonchev–Trinajstić information content (AvgIpc) is 2.52. The van der Waals surface area contributed by atoms with Crippen molar-refractivity contribution in [2.45, 2.75) is 11.7 Å². The molecule has 1 unspecified atom stereocenters. The van der Waals surface area contributed by atoms with Crippen molar-refractivity contribution in [2.75, 3.05) is 23.8 Å². The molecule has 0 radical (unpaired) electrons. The summed E-state index contributed by atoms with van der Waals surface area (Å²) in [5.41, 5.74) is 0. The molecule has 84 valence electrons. The topological polar surface area (TPSA) is 87.0 Å². The van der Waals surface area contributed by atoms with Crippen LogP contribution >= 0.6 is 11.8 Å². The molecule has 15 heavy (non-hydrogen) atoms. The van der Waals surface area contributed by atoms with Gasteiger partial charge in [0.15, 0.2) is 9.84 Å². The summed E-state index contributed by atoms with van der Waals surface area (Å²) in [5.74, 6) is 0.404. The van der Waals surface area contributed by atoms with Crippen molar-refractivity contribution < 1.29 is 13.2 Å². The van der Waals surface area contributed by atoms with E-state index in [9.17, 15) is 13.2 Å². The number of thioether (sulfide) groups is 1. The van der Waals surface area contributed by atoms with Crippen LogP contribution in [0.1, 0.15) is 6.42 Å². The number of carbonyl (C=O) groups excluding carboxylic acids is 1. The third-order valence-electron chi connectivity index (χ3n) is 2.01. The molecular formula is C8H12N2O3S2. The molecular weight excluding hydrogens is 236 g/mol. The molecule has 5 nitrogen and oxygen atoms in total. The molecule has 1 heterocycles. The zero-order chi connectivity index (χ0) is 11.3. The summed E-state index contributed by atoms with van der Waals surface area (Å²) < 4.78 is 22.2. The Morgan fingerprint density at radius 1 is 1.60 bits per heavy atom. The predicted octanol–water partition coefficient (Wildman–Crippen LogP) is -0.454. The highest BCUT2D eigenvalue weighted by Gasteiger charge is 2.28. The number of hydrogen-bond acceptors (Lipinski definition) is 5. The van der Waals surface area contributed by atoms with E-state index >= 15 is 0 Å². The highest BCUT2D eigenvalue weighted by Crippen LogP contribution is 2.23. The van der Waals surface area contributed by atoms with Gasteiger partial charge >= 0.3 is 0 Å². The summed E-state index contributed by atoms with van der Waals surface area (Å²) in [4.78, 5) is 11.1. The number of nitrogens with one attached hydrogen (secondary N) is 1. The van der Waals surface area contributed by atoms with Gasteiger partial charge in [0.2, 0.25) is 5.91 Å². The van der Waals surface area contributed by atoms with Gasteiger partial charge in [0.25, 0.3) is 0 Å². The Kier molecular flexibility index (Phi) is 4.42. The largest absolute Gasteiger partial charge is 0.342 e. The molecule has 1 aliphatic heterocycles. The molecule has 1 atom stereocenters. The van der Waals surface area contributed by atoms with E-state index in [2.05, 4.69) is 5.32 Å². The summed E-state index contributed by atoms with van der Waals surface area (Å²) in [6, 6.07) is 1.80. The van der Waals surface area contributed by atoms with Crippen LogP contribution in [0.5, 0.6) is 0 Å². The molecule has 0 bridgehead atoms. The first-order valence-corrected chi connectivity index (χ1v) is 7.36. The maximum atomic E-state index is 11.1. The van der Waals surface area contributed by atoms with Crippen molar-refractivity contribution in [3.63, 3.8) is 0 Å². The first-order chi connectivity index (χ1) is 7.03. The number of amides is 1. The molecule has 0 aromatic carbocycles. The van der Waals surface area contributed by atoms with Crippen LogP contribution in [-0.2, 0) is 14.6 Å². The van der Waals surface area contributed by atoms with Crippen molar-refractivity contribution in [1.82, 2.24) is 5.32 Å². The summed E-state index contributed by atoms with van der Waals surface area (Å²) in [6.45, 7) is 0.00234. The lowest BCUT2D eigenvalue weighted by atomic mass is 10.4. The van der Waals surface area contributed by atoms with Gasteiger partial charge in [0.1, 0.15) is 6.54 Å². The minimum Gasteiger partial charge on any atom is -0.342 e.